The maximum atomic E-state index is 2.42. The Labute approximate surface area is 440 Å². The normalized spacial score (nSPS) is 12.4. The minimum atomic E-state index is 1.09. The van der Waals surface area contributed by atoms with Crippen molar-refractivity contribution in [2.24, 2.45) is 0 Å². The number of nitrogens with zero attached hydrogens (tertiary/aromatic N) is 4. The lowest BCUT2D eigenvalue weighted by atomic mass is 10.0. The molecule has 0 spiro atoms. The van der Waals surface area contributed by atoms with Gasteiger partial charge in [0.05, 0.1) is 34.1 Å². The van der Waals surface area contributed by atoms with Crippen LogP contribution in [0.25, 0.3) is 32.7 Å². The number of rotatable bonds is 9. The second kappa shape index (κ2) is 18.6. The van der Waals surface area contributed by atoms with Crippen LogP contribution < -0.4 is 19.6 Å². The van der Waals surface area contributed by atoms with Crippen LogP contribution in [0.1, 0.15) is 0 Å². The highest BCUT2D eigenvalue weighted by atomic mass is 32.2. The molecule has 74 heavy (non-hydrogen) atoms. The number of para-hydroxylation sites is 4. The molecule has 2 heterocycles. The number of benzene rings is 12. The maximum Gasteiger partial charge on any atom is 0.0603 e. The molecule has 0 aromatic heterocycles. The second-order valence-electron chi connectivity index (χ2n) is 18.5. The van der Waals surface area contributed by atoms with E-state index in [4.69, 9.17) is 0 Å². The largest absolute Gasteiger partial charge is 0.310 e. The average Bonchev–Trinajstić information content (AvgIpc) is 3.47. The summed E-state index contributed by atoms with van der Waals surface area (Å²) in [4.78, 5) is 14.5. The minimum absolute atomic E-state index is 1.09. The zero-order valence-corrected chi connectivity index (χ0v) is 41.8. The summed E-state index contributed by atoms with van der Waals surface area (Å²) in [6, 6.07) is 101. The van der Waals surface area contributed by atoms with Gasteiger partial charge in [0.1, 0.15) is 0 Å². The SMILES string of the molecule is c1ccc(N2c3ccccc3Sc3cc(N(c4ccc(-c5ccc(N(c6ccc7c(c6)Sc6ccccc6N7c6ccccc6)c6cccc7ccccc67)cc5)cc4)c4cccc5ccccc45)ccc32)cc1. The van der Waals surface area contributed by atoms with Gasteiger partial charge in [-0.1, -0.05) is 181 Å². The number of hydrogen-bond donors (Lipinski definition) is 0. The van der Waals surface area contributed by atoms with E-state index in [1.54, 1.807) is 0 Å². The Bertz CT molecular complexity index is 3770. The fourth-order valence-corrected chi connectivity index (χ4v) is 12.9. The molecular formula is C68H46N4S2. The van der Waals surface area contributed by atoms with Crippen molar-refractivity contribution in [2.45, 2.75) is 19.6 Å². The quantitative estimate of drug-likeness (QED) is 0.142. The van der Waals surface area contributed by atoms with Crippen LogP contribution in [0.4, 0.5) is 68.2 Å². The van der Waals surface area contributed by atoms with Gasteiger partial charge < -0.3 is 19.6 Å². The van der Waals surface area contributed by atoms with E-state index in [1.807, 2.05) is 23.5 Å². The number of fused-ring (bicyclic) bond motifs is 6. The third-order valence-electron chi connectivity index (χ3n) is 14.2. The van der Waals surface area contributed by atoms with Gasteiger partial charge in [-0.25, -0.2) is 0 Å². The standard InChI is InChI=1S/C68H46N4S2/c1-3-21-51(22-4-1)71-61-27-11-13-31-65(61)73-67-45-55(41-43-63(67)71)69(59-29-15-19-49-17-7-9-25-57(49)59)53-37-33-47(34-38-53)48-35-39-54(40-36-48)70(60-30-16-20-50-18-8-10-26-58(50)60)56-42-44-64-68(46-56)74-66-32-14-12-28-62(66)72(64)52-23-5-2-6-24-52/h1-46H. The molecule has 0 unspecified atom stereocenters. The van der Waals surface area contributed by atoms with E-state index in [9.17, 15) is 0 Å². The van der Waals surface area contributed by atoms with Crippen molar-refractivity contribution in [1.82, 2.24) is 0 Å². The van der Waals surface area contributed by atoms with E-state index < -0.39 is 0 Å². The molecule has 4 nitrogen and oxygen atoms in total. The molecule has 0 atom stereocenters. The van der Waals surface area contributed by atoms with Gasteiger partial charge in [-0.05, 0) is 143 Å². The zero-order valence-electron chi connectivity index (χ0n) is 40.2. The minimum Gasteiger partial charge on any atom is -0.310 e. The van der Waals surface area contributed by atoms with Crippen molar-refractivity contribution < 1.29 is 0 Å². The van der Waals surface area contributed by atoms with Crippen LogP contribution in [0.2, 0.25) is 0 Å². The van der Waals surface area contributed by atoms with E-state index in [1.165, 1.54) is 63.9 Å². The first-order chi connectivity index (χ1) is 36.7. The summed E-state index contributed by atoms with van der Waals surface area (Å²) < 4.78 is 0. The van der Waals surface area contributed by atoms with Gasteiger partial charge in [-0.2, -0.15) is 0 Å². The molecule has 0 saturated heterocycles. The Kier molecular flexibility index (Phi) is 11.0. The highest BCUT2D eigenvalue weighted by molar-refractivity contribution is 8.00. The summed E-state index contributed by atoms with van der Waals surface area (Å²) in [5.41, 5.74) is 16.0. The molecule has 2 aliphatic heterocycles. The lowest BCUT2D eigenvalue weighted by Crippen LogP contribution is -2.16. The zero-order chi connectivity index (χ0) is 49.0. The smallest absolute Gasteiger partial charge is 0.0603 e. The van der Waals surface area contributed by atoms with Gasteiger partial charge in [-0.15, -0.1) is 0 Å². The van der Waals surface area contributed by atoms with Gasteiger partial charge in [0.25, 0.3) is 0 Å². The van der Waals surface area contributed by atoms with Crippen LogP contribution >= 0.6 is 23.5 Å². The van der Waals surface area contributed by atoms with Gasteiger partial charge in [0.15, 0.2) is 0 Å². The molecule has 0 saturated carbocycles. The van der Waals surface area contributed by atoms with Crippen LogP contribution in [-0.4, -0.2) is 0 Å². The van der Waals surface area contributed by atoms with Crippen LogP contribution in [0.3, 0.4) is 0 Å². The monoisotopic (exact) mass is 982 g/mol. The molecule has 2 aliphatic rings. The summed E-state index contributed by atoms with van der Waals surface area (Å²) in [6.07, 6.45) is 0. The molecule has 0 radical (unpaired) electrons. The van der Waals surface area contributed by atoms with Crippen molar-refractivity contribution in [3.05, 3.63) is 279 Å². The Morgan fingerprint density at radius 3 is 1.05 bits per heavy atom. The maximum absolute atomic E-state index is 2.42. The van der Waals surface area contributed by atoms with Crippen molar-refractivity contribution >= 4 is 113 Å². The van der Waals surface area contributed by atoms with E-state index in [-0.39, 0.29) is 0 Å². The van der Waals surface area contributed by atoms with Crippen molar-refractivity contribution in [3.63, 3.8) is 0 Å². The molecule has 0 bridgehead atoms. The van der Waals surface area contributed by atoms with Gasteiger partial charge in [0, 0.05) is 64.5 Å². The Morgan fingerprint density at radius 1 is 0.257 bits per heavy atom. The predicted molar refractivity (Wildman–Crippen MR) is 314 cm³/mol. The van der Waals surface area contributed by atoms with Crippen LogP contribution in [0, 0.1) is 0 Å². The van der Waals surface area contributed by atoms with E-state index in [0.717, 1.165) is 56.6 Å². The number of hydrogen-bond acceptors (Lipinski definition) is 6. The summed E-state index contributed by atoms with van der Waals surface area (Å²) in [5.74, 6) is 0. The molecule has 0 N–H and O–H groups in total. The fraction of sp³-hybridized carbons (Fsp3) is 0. The highest BCUT2D eigenvalue weighted by Crippen LogP contribution is 2.55. The lowest BCUT2D eigenvalue weighted by molar-refractivity contribution is 1.16. The molecule has 0 aliphatic carbocycles. The molecule has 12 aromatic rings. The average molecular weight is 983 g/mol. The Morgan fingerprint density at radius 2 is 0.608 bits per heavy atom. The first-order valence-corrected chi connectivity index (χ1v) is 26.6. The van der Waals surface area contributed by atoms with Crippen molar-refractivity contribution in [1.29, 1.82) is 0 Å². The van der Waals surface area contributed by atoms with Crippen LogP contribution in [-0.2, 0) is 0 Å². The number of anilines is 12. The molecule has 350 valence electrons. The predicted octanol–water partition coefficient (Wildman–Crippen LogP) is 20.5. The topological polar surface area (TPSA) is 13.0 Å². The molecule has 6 heteroatoms. The summed E-state index contributed by atoms with van der Waals surface area (Å²) in [6.45, 7) is 0. The van der Waals surface area contributed by atoms with E-state index in [2.05, 4.69) is 299 Å². The summed E-state index contributed by atoms with van der Waals surface area (Å²) >= 11 is 3.67. The second-order valence-corrected chi connectivity index (χ2v) is 20.7. The van der Waals surface area contributed by atoms with Crippen LogP contribution in [0.5, 0.6) is 0 Å². The van der Waals surface area contributed by atoms with Crippen molar-refractivity contribution in [2.75, 3.05) is 19.6 Å². The summed E-state index contributed by atoms with van der Waals surface area (Å²) in [5, 5.41) is 4.80. The molecular weight excluding hydrogens is 937 g/mol. The fourth-order valence-electron chi connectivity index (χ4n) is 10.7. The van der Waals surface area contributed by atoms with E-state index in [0.29, 0.717) is 0 Å². The molecule has 14 rings (SSSR count). The molecule has 0 fully saturated rings. The van der Waals surface area contributed by atoms with Gasteiger partial charge in [0.2, 0.25) is 0 Å². The highest BCUT2D eigenvalue weighted by Gasteiger charge is 2.29. The Hall–Kier alpha value is -8.94. The lowest BCUT2D eigenvalue weighted by Gasteiger charge is -2.34. The molecule has 12 aromatic carbocycles. The van der Waals surface area contributed by atoms with Gasteiger partial charge >= 0.3 is 0 Å². The summed E-state index contributed by atoms with van der Waals surface area (Å²) in [7, 11) is 0. The molecule has 0 amide bonds. The Balaban J connectivity index is 0.838. The third kappa shape index (κ3) is 7.75. The third-order valence-corrected chi connectivity index (χ3v) is 16.4. The van der Waals surface area contributed by atoms with E-state index >= 15 is 0 Å². The first-order valence-electron chi connectivity index (χ1n) is 25.0. The van der Waals surface area contributed by atoms with Crippen LogP contribution in [0.15, 0.2) is 299 Å². The van der Waals surface area contributed by atoms with Crippen molar-refractivity contribution in [3.8, 4) is 11.1 Å². The van der Waals surface area contributed by atoms with Gasteiger partial charge in [-0.3, -0.25) is 0 Å². The first kappa shape index (κ1) is 43.8.